The van der Waals surface area contributed by atoms with E-state index in [2.05, 4.69) is 5.32 Å². The van der Waals surface area contributed by atoms with Crippen molar-refractivity contribution in [3.8, 4) is 0 Å². The molecule has 2 amide bonds. The normalized spacial score (nSPS) is 21.8. The molecule has 1 saturated heterocycles. The number of carbonyl (C=O) groups is 2. The lowest BCUT2D eigenvalue weighted by molar-refractivity contribution is -0.142. The van der Waals surface area contributed by atoms with Crippen LogP contribution in [0.1, 0.15) is 25.7 Å². The highest BCUT2D eigenvalue weighted by atomic mass is 16.2. The molecule has 3 N–H and O–H groups in total. The summed E-state index contributed by atoms with van der Waals surface area (Å²) in [5.74, 6) is -0.253. The van der Waals surface area contributed by atoms with Gasteiger partial charge in [0.25, 0.3) is 0 Å². The van der Waals surface area contributed by atoms with Crippen LogP contribution >= 0.6 is 0 Å². The van der Waals surface area contributed by atoms with Crippen LogP contribution < -0.4 is 11.1 Å². The predicted octanol–water partition coefficient (Wildman–Crippen LogP) is -0.538. The highest BCUT2D eigenvalue weighted by Crippen LogP contribution is 2.25. The monoisotopic (exact) mass is 225 g/mol. The molecule has 5 nitrogen and oxygen atoms in total. The molecule has 0 unspecified atom stereocenters. The molecule has 0 bridgehead atoms. The van der Waals surface area contributed by atoms with E-state index < -0.39 is 5.91 Å². The van der Waals surface area contributed by atoms with Crippen LogP contribution in [-0.2, 0) is 9.59 Å². The zero-order valence-electron chi connectivity index (χ0n) is 9.45. The summed E-state index contributed by atoms with van der Waals surface area (Å²) in [7, 11) is 0. The van der Waals surface area contributed by atoms with Gasteiger partial charge in [-0.05, 0) is 12.8 Å². The fraction of sp³-hybridized carbons (Fsp3) is 0.818. The van der Waals surface area contributed by atoms with Gasteiger partial charge in [0.1, 0.15) is 0 Å². The molecule has 0 radical (unpaired) electrons. The number of amides is 2. The van der Waals surface area contributed by atoms with Crippen molar-refractivity contribution >= 4 is 11.8 Å². The van der Waals surface area contributed by atoms with Gasteiger partial charge in [-0.1, -0.05) is 12.8 Å². The topological polar surface area (TPSA) is 75.4 Å². The first kappa shape index (κ1) is 11.4. The van der Waals surface area contributed by atoms with Gasteiger partial charge in [0.2, 0.25) is 11.8 Å². The number of hydrogen-bond acceptors (Lipinski definition) is 3. The summed E-state index contributed by atoms with van der Waals surface area (Å²) in [5.41, 5.74) is 5.21. The van der Waals surface area contributed by atoms with Gasteiger partial charge < -0.3 is 16.0 Å². The van der Waals surface area contributed by atoms with Crippen LogP contribution in [0, 0.1) is 5.92 Å². The van der Waals surface area contributed by atoms with Crippen LogP contribution in [0.3, 0.4) is 0 Å². The number of nitrogens with one attached hydrogen (secondary N) is 1. The molecule has 0 aromatic heterocycles. The van der Waals surface area contributed by atoms with E-state index in [0.717, 1.165) is 38.8 Å². The van der Waals surface area contributed by atoms with E-state index in [1.165, 1.54) is 0 Å². The highest BCUT2D eigenvalue weighted by molar-refractivity contribution is 5.86. The van der Waals surface area contributed by atoms with Crippen LogP contribution in [0.25, 0.3) is 0 Å². The molecule has 1 aliphatic heterocycles. The van der Waals surface area contributed by atoms with Gasteiger partial charge in [0.05, 0.1) is 12.5 Å². The van der Waals surface area contributed by atoms with Crippen molar-refractivity contribution in [3.63, 3.8) is 0 Å². The maximum atomic E-state index is 12.1. The van der Waals surface area contributed by atoms with Gasteiger partial charge in [0.15, 0.2) is 0 Å². The van der Waals surface area contributed by atoms with Gasteiger partial charge in [0, 0.05) is 19.1 Å². The number of carbonyl (C=O) groups excluding carboxylic acids is 2. The van der Waals surface area contributed by atoms with E-state index in [9.17, 15) is 9.59 Å². The summed E-state index contributed by atoms with van der Waals surface area (Å²) in [5, 5.41) is 3.08. The standard InChI is InChI=1S/C11H19N3O2/c12-10(15)7-14(9-3-1-2-4-9)11(16)8-5-13-6-8/h8-9,13H,1-7H2,(H2,12,15). The second kappa shape index (κ2) is 4.82. The molecule has 1 heterocycles. The minimum absolute atomic E-state index is 0.0555. The number of nitrogens with two attached hydrogens (primary N) is 1. The van der Waals surface area contributed by atoms with E-state index in [1.807, 2.05) is 0 Å². The zero-order chi connectivity index (χ0) is 11.5. The molecule has 5 heteroatoms. The van der Waals surface area contributed by atoms with Crippen molar-refractivity contribution in [2.75, 3.05) is 19.6 Å². The van der Waals surface area contributed by atoms with Gasteiger partial charge in [-0.3, -0.25) is 9.59 Å². The Hall–Kier alpha value is -1.10. The van der Waals surface area contributed by atoms with Gasteiger partial charge >= 0.3 is 0 Å². The molecular formula is C11H19N3O2. The van der Waals surface area contributed by atoms with Crippen molar-refractivity contribution in [1.82, 2.24) is 10.2 Å². The maximum absolute atomic E-state index is 12.1. The van der Waals surface area contributed by atoms with Gasteiger partial charge in [-0.2, -0.15) is 0 Å². The molecule has 1 saturated carbocycles. The summed E-state index contributed by atoms with van der Waals surface area (Å²) >= 11 is 0. The van der Waals surface area contributed by atoms with Crippen LogP contribution in [0.2, 0.25) is 0 Å². The second-order valence-electron chi connectivity index (χ2n) is 4.73. The second-order valence-corrected chi connectivity index (χ2v) is 4.73. The Labute approximate surface area is 95.3 Å². The lowest BCUT2D eigenvalue weighted by Crippen LogP contribution is -2.55. The van der Waals surface area contributed by atoms with Crippen LogP contribution in [0.5, 0.6) is 0 Å². The molecule has 2 rings (SSSR count). The number of nitrogens with zero attached hydrogens (tertiary/aromatic N) is 1. The molecule has 90 valence electrons. The first-order valence-corrected chi connectivity index (χ1v) is 5.98. The molecule has 0 spiro atoms. The summed E-state index contributed by atoms with van der Waals surface area (Å²) in [6.45, 7) is 1.56. The van der Waals surface area contributed by atoms with E-state index in [0.29, 0.717) is 0 Å². The van der Waals surface area contributed by atoms with E-state index in [-0.39, 0.29) is 24.4 Å². The Balaban J connectivity index is 2.00. The molecule has 16 heavy (non-hydrogen) atoms. The fourth-order valence-electron chi connectivity index (χ4n) is 2.47. The average Bonchev–Trinajstić information content (AvgIpc) is 2.63. The summed E-state index contributed by atoms with van der Waals surface area (Å²) in [6, 6.07) is 0.237. The largest absolute Gasteiger partial charge is 0.368 e. The minimum atomic E-state index is -0.410. The molecule has 0 atom stereocenters. The third-order valence-corrected chi connectivity index (χ3v) is 3.51. The zero-order valence-corrected chi connectivity index (χ0v) is 9.45. The van der Waals surface area contributed by atoms with Crippen molar-refractivity contribution in [2.45, 2.75) is 31.7 Å². The Morgan fingerprint density at radius 1 is 1.25 bits per heavy atom. The van der Waals surface area contributed by atoms with Crippen LogP contribution in [0.15, 0.2) is 0 Å². The molecule has 0 aromatic carbocycles. The van der Waals surface area contributed by atoms with Crippen molar-refractivity contribution in [2.24, 2.45) is 11.7 Å². The Kier molecular flexibility index (Phi) is 3.43. The minimum Gasteiger partial charge on any atom is -0.368 e. The molecule has 0 aromatic rings. The van der Waals surface area contributed by atoms with E-state index in [4.69, 9.17) is 5.73 Å². The van der Waals surface area contributed by atoms with Crippen molar-refractivity contribution in [1.29, 1.82) is 0 Å². The van der Waals surface area contributed by atoms with Crippen LogP contribution in [0.4, 0.5) is 0 Å². The number of hydrogen-bond donors (Lipinski definition) is 2. The Morgan fingerprint density at radius 2 is 1.88 bits per heavy atom. The third-order valence-electron chi connectivity index (χ3n) is 3.51. The SMILES string of the molecule is NC(=O)CN(C(=O)C1CNC1)C1CCCC1. The van der Waals surface area contributed by atoms with Crippen molar-refractivity contribution in [3.05, 3.63) is 0 Å². The summed E-state index contributed by atoms with van der Waals surface area (Å²) in [6.07, 6.45) is 4.32. The lowest BCUT2D eigenvalue weighted by atomic mass is 10.0. The summed E-state index contributed by atoms with van der Waals surface area (Å²) < 4.78 is 0. The Morgan fingerprint density at radius 3 is 2.31 bits per heavy atom. The first-order chi connectivity index (χ1) is 7.68. The van der Waals surface area contributed by atoms with E-state index >= 15 is 0 Å². The van der Waals surface area contributed by atoms with Crippen molar-refractivity contribution < 1.29 is 9.59 Å². The quantitative estimate of drug-likeness (QED) is 0.675. The molecular weight excluding hydrogens is 206 g/mol. The maximum Gasteiger partial charge on any atom is 0.237 e. The van der Waals surface area contributed by atoms with E-state index in [1.54, 1.807) is 4.90 Å². The predicted molar refractivity (Wildman–Crippen MR) is 59.5 cm³/mol. The molecule has 1 aliphatic carbocycles. The van der Waals surface area contributed by atoms with Gasteiger partial charge in [-0.15, -0.1) is 0 Å². The fourth-order valence-corrected chi connectivity index (χ4v) is 2.47. The van der Waals surface area contributed by atoms with Gasteiger partial charge in [-0.25, -0.2) is 0 Å². The average molecular weight is 225 g/mol. The molecule has 2 aliphatic rings. The smallest absolute Gasteiger partial charge is 0.237 e. The highest BCUT2D eigenvalue weighted by Gasteiger charge is 2.34. The van der Waals surface area contributed by atoms with Crippen LogP contribution in [-0.4, -0.2) is 42.4 Å². The third kappa shape index (κ3) is 2.35. The lowest BCUT2D eigenvalue weighted by Gasteiger charge is -2.35. The molecule has 2 fully saturated rings. The first-order valence-electron chi connectivity index (χ1n) is 5.98. The Bertz CT molecular complexity index is 283. The number of primary amides is 1. The number of rotatable bonds is 4. The summed E-state index contributed by atoms with van der Waals surface area (Å²) in [4.78, 5) is 24.8.